The van der Waals surface area contributed by atoms with Crippen molar-refractivity contribution in [3.8, 4) is 11.5 Å². The molecule has 126 valence electrons. The molecule has 1 N–H and O–H groups in total. The van der Waals surface area contributed by atoms with Crippen molar-refractivity contribution in [2.24, 2.45) is 0 Å². The molecule has 2 aromatic carbocycles. The zero-order valence-corrected chi connectivity index (χ0v) is 14.4. The summed E-state index contributed by atoms with van der Waals surface area (Å²) in [5.41, 5.74) is 3.93. The van der Waals surface area contributed by atoms with Gasteiger partial charge in [0.1, 0.15) is 18.1 Å². The highest BCUT2D eigenvalue weighted by Crippen LogP contribution is 2.24. The van der Waals surface area contributed by atoms with Crippen LogP contribution in [0.3, 0.4) is 0 Å². The number of amides is 1. The summed E-state index contributed by atoms with van der Waals surface area (Å²) >= 11 is 0. The first-order chi connectivity index (χ1) is 11.6. The van der Waals surface area contributed by atoms with Gasteiger partial charge in [0, 0.05) is 17.2 Å². The second-order valence-corrected chi connectivity index (χ2v) is 6.31. The smallest absolute Gasteiger partial charge is 0.251 e. The largest absolute Gasteiger partial charge is 0.496 e. The van der Waals surface area contributed by atoms with Gasteiger partial charge in [0.2, 0.25) is 0 Å². The predicted octanol–water partition coefficient (Wildman–Crippen LogP) is 3.78. The molecule has 0 saturated heterocycles. The Kier molecular flexibility index (Phi) is 4.74. The van der Waals surface area contributed by atoms with Crippen molar-refractivity contribution in [3.63, 3.8) is 0 Å². The summed E-state index contributed by atoms with van der Waals surface area (Å²) in [6.45, 7) is 4.49. The number of carbonyl (C=O) groups excluding carboxylic acids is 1. The average Bonchev–Trinajstić information content (AvgIpc) is 3.39. The van der Waals surface area contributed by atoms with Crippen LogP contribution in [0.5, 0.6) is 11.5 Å². The van der Waals surface area contributed by atoms with Gasteiger partial charge in [-0.05, 0) is 68.1 Å². The number of carbonyl (C=O) groups is 1. The minimum absolute atomic E-state index is 0.0346. The summed E-state index contributed by atoms with van der Waals surface area (Å²) in [5, 5.41) is 3.00. The molecule has 1 amide bonds. The number of aryl methyl sites for hydroxylation is 2. The normalized spacial score (nSPS) is 13.5. The van der Waals surface area contributed by atoms with Crippen molar-refractivity contribution in [3.05, 3.63) is 58.7 Å². The first kappa shape index (κ1) is 16.4. The number of ether oxygens (including phenoxy) is 2. The fourth-order valence-corrected chi connectivity index (χ4v) is 2.49. The minimum Gasteiger partial charge on any atom is -0.496 e. The molecule has 0 aromatic heterocycles. The van der Waals surface area contributed by atoms with Gasteiger partial charge >= 0.3 is 0 Å². The van der Waals surface area contributed by atoms with E-state index in [9.17, 15) is 4.79 Å². The highest BCUT2D eigenvalue weighted by atomic mass is 16.5. The van der Waals surface area contributed by atoms with Gasteiger partial charge in [-0.25, -0.2) is 0 Å². The Labute approximate surface area is 142 Å². The standard InChI is InChI=1S/C20H23NO3/c1-13-4-8-18(10-14(13)2)24-12-16-11-15(5-9-19(16)23-3)20(22)21-17-6-7-17/h4-5,8-11,17H,6-7,12H2,1-3H3,(H,21,22). The fraction of sp³-hybridized carbons (Fsp3) is 0.350. The van der Waals surface area contributed by atoms with E-state index in [1.165, 1.54) is 11.1 Å². The molecule has 1 aliphatic carbocycles. The quantitative estimate of drug-likeness (QED) is 0.879. The monoisotopic (exact) mass is 325 g/mol. The first-order valence-electron chi connectivity index (χ1n) is 8.24. The molecule has 4 heteroatoms. The van der Waals surface area contributed by atoms with Gasteiger partial charge in [-0.3, -0.25) is 4.79 Å². The van der Waals surface area contributed by atoms with Crippen molar-refractivity contribution in [1.29, 1.82) is 0 Å². The lowest BCUT2D eigenvalue weighted by atomic mass is 10.1. The molecule has 1 saturated carbocycles. The third-order valence-corrected chi connectivity index (χ3v) is 4.33. The van der Waals surface area contributed by atoms with Crippen LogP contribution in [0.2, 0.25) is 0 Å². The summed E-state index contributed by atoms with van der Waals surface area (Å²) in [4.78, 5) is 12.2. The molecule has 24 heavy (non-hydrogen) atoms. The average molecular weight is 325 g/mol. The molecule has 0 spiro atoms. The Bertz CT molecular complexity index is 751. The Morgan fingerprint density at radius 3 is 2.58 bits per heavy atom. The molecular formula is C20H23NO3. The number of nitrogens with one attached hydrogen (secondary N) is 1. The van der Waals surface area contributed by atoms with Crippen molar-refractivity contribution < 1.29 is 14.3 Å². The number of hydrogen-bond acceptors (Lipinski definition) is 3. The maximum atomic E-state index is 12.2. The van der Waals surface area contributed by atoms with E-state index in [1.807, 2.05) is 30.3 Å². The summed E-state index contributed by atoms with van der Waals surface area (Å²) in [7, 11) is 1.62. The third-order valence-electron chi connectivity index (χ3n) is 4.33. The summed E-state index contributed by atoms with van der Waals surface area (Å²) in [6, 6.07) is 11.8. The van der Waals surface area contributed by atoms with E-state index >= 15 is 0 Å². The number of hydrogen-bond donors (Lipinski definition) is 1. The molecular weight excluding hydrogens is 302 g/mol. The lowest BCUT2D eigenvalue weighted by molar-refractivity contribution is 0.0951. The molecule has 0 bridgehead atoms. The fourth-order valence-electron chi connectivity index (χ4n) is 2.49. The van der Waals surface area contributed by atoms with Crippen LogP contribution in [0.1, 0.15) is 39.9 Å². The molecule has 1 fully saturated rings. The van der Waals surface area contributed by atoms with Crippen molar-refractivity contribution in [1.82, 2.24) is 5.32 Å². The van der Waals surface area contributed by atoms with Crippen molar-refractivity contribution >= 4 is 5.91 Å². The molecule has 3 rings (SSSR count). The Morgan fingerprint density at radius 1 is 1.12 bits per heavy atom. The summed E-state index contributed by atoms with van der Waals surface area (Å²) in [6.07, 6.45) is 2.15. The molecule has 1 aliphatic rings. The van der Waals surface area contributed by atoms with Crippen LogP contribution in [0.4, 0.5) is 0 Å². The van der Waals surface area contributed by atoms with E-state index in [1.54, 1.807) is 13.2 Å². The highest BCUT2D eigenvalue weighted by molar-refractivity contribution is 5.95. The highest BCUT2D eigenvalue weighted by Gasteiger charge is 2.24. The van der Waals surface area contributed by atoms with Gasteiger partial charge in [-0.1, -0.05) is 6.07 Å². The minimum atomic E-state index is -0.0346. The molecule has 4 nitrogen and oxygen atoms in total. The van der Waals surface area contributed by atoms with E-state index in [0.29, 0.717) is 18.2 Å². The lowest BCUT2D eigenvalue weighted by Crippen LogP contribution is -2.25. The predicted molar refractivity (Wildman–Crippen MR) is 93.7 cm³/mol. The first-order valence-corrected chi connectivity index (χ1v) is 8.24. The van der Waals surface area contributed by atoms with Crippen LogP contribution in [-0.2, 0) is 6.61 Å². The van der Waals surface area contributed by atoms with Gasteiger partial charge in [0.15, 0.2) is 0 Å². The molecule has 2 aromatic rings. The van der Waals surface area contributed by atoms with Crippen LogP contribution in [-0.4, -0.2) is 19.1 Å². The third kappa shape index (κ3) is 3.88. The Morgan fingerprint density at radius 2 is 1.92 bits per heavy atom. The van der Waals surface area contributed by atoms with E-state index in [4.69, 9.17) is 9.47 Å². The molecule has 0 atom stereocenters. The zero-order chi connectivity index (χ0) is 17.1. The molecule has 0 radical (unpaired) electrons. The number of methoxy groups -OCH3 is 1. The Balaban J connectivity index is 1.74. The van der Waals surface area contributed by atoms with Crippen LogP contribution in [0, 0.1) is 13.8 Å². The van der Waals surface area contributed by atoms with E-state index < -0.39 is 0 Å². The molecule has 0 unspecified atom stereocenters. The second kappa shape index (κ2) is 6.95. The van der Waals surface area contributed by atoms with Crippen LogP contribution >= 0.6 is 0 Å². The van der Waals surface area contributed by atoms with Crippen molar-refractivity contribution in [2.75, 3.05) is 7.11 Å². The van der Waals surface area contributed by atoms with Crippen LogP contribution in [0.15, 0.2) is 36.4 Å². The molecule has 0 heterocycles. The number of rotatable bonds is 6. The maximum Gasteiger partial charge on any atom is 0.251 e. The Hall–Kier alpha value is -2.49. The second-order valence-electron chi connectivity index (χ2n) is 6.31. The van der Waals surface area contributed by atoms with Gasteiger partial charge in [0.25, 0.3) is 5.91 Å². The van der Waals surface area contributed by atoms with Crippen molar-refractivity contribution in [2.45, 2.75) is 39.3 Å². The maximum absolute atomic E-state index is 12.2. The van der Waals surface area contributed by atoms with Gasteiger partial charge < -0.3 is 14.8 Å². The van der Waals surface area contributed by atoms with E-state index in [0.717, 1.165) is 29.9 Å². The van der Waals surface area contributed by atoms with Gasteiger partial charge in [-0.2, -0.15) is 0 Å². The lowest BCUT2D eigenvalue weighted by Gasteiger charge is -2.13. The van der Waals surface area contributed by atoms with E-state index in [2.05, 4.69) is 19.2 Å². The zero-order valence-electron chi connectivity index (χ0n) is 14.4. The summed E-state index contributed by atoms with van der Waals surface area (Å²) < 4.78 is 11.3. The molecule has 0 aliphatic heterocycles. The van der Waals surface area contributed by atoms with Crippen LogP contribution < -0.4 is 14.8 Å². The van der Waals surface area contributed by atoms with Crippen LogP contribution in [0.25, 0.3) is 0 Å². The SMILES string of the molecule is COc1ccc(C(=O)NC2CC2)cc1COc1ccc(C)c(C)c1. The topological polar surface area (TPSA) is 47.6 Å². The van der Waals surface area contributed by atoms with E-state index in [-0.39, 0.29) is 5.91 Å². The number of benzene rings is 2. The van der Waals surface area contributed by atoms with Gasteiger partial charge in [0.05, 0.1) is 7.11 Å². The van der Waals surface area contributed by atoms with Gasteiger partial charge in [-0.15, -0.1) is 0 Å². The summed E-state index contributed by atoms with van der Waals surface area (Å²) in [5.74, 6) is 1.50.